The summed E-state index contributed by atoms with van der Waals surface area (Å²) in [5, 5.41) is 1.41. The zero-order valence-corrected chi connectivity index (χ0v) is 11.2. The molecule has 0 saturated carbocycles. The monoisotopic (exact) mass is 230 g/mol. The van der Waals surface area contributed by atoms with Crippen LogP contribution in [0.3, 0.4) is 0 Å². The normalized spacial score (nSPS) is 11.9. The maximum absolute atomic E-state index is 3.36. The van der Waals surface area contributed by atoms with Crippen LogP contribution in [-0.4, -0.2) is 29.5 Å². The fraction of sp³-hybridized carbons (Fsp3) is 0.467. The Bertz CT molecular complexity index is 497. The van der Waals surface area contributed by atoms with Crippen LogP contribution in [0.1, 0.15) is 25.0 Å². The van der Waals surface area contributed by atoms with E-state index in [1.807, 2.05) is 0 Å². The van der Waals surface area contributed by atoms with Crippen molar-refractivity contribution < 1.29 is 0 Å². The zero-order valence-electron chi connectivity index (χ0n) is 11.2. The van der Waals surface area contributed by atoms with Gasteiger partial charge in [0.25, 0.3) is 0 Å². The third kappa shape index (κ3) is 2.52. The number of nitrogens with zero attached hydrogens (tertiary/aromatic N) is 1. The molecule has 0 fully saturated rings. The lowest BCUT2D eigenvalue weighted by Gasteiger charge is -2.20. The van der Waals surface area contributed by atoms with Crippen molar-refractivity contribution in [1.82, 2.24) is 9.88 Å². The predicted octanol–water partition coefficient (Wildman–Crippen LogP) is 3.36. The Kier molecular flexibility index (Phi) is 3.53. The van der Waals surface area contributed by atoms with Crippen LogP contribution in [0.4, 0.5) is 0 Å². The SMILES string of the molecule is Cc1cccc2[nH]cc(CCN(C)C(C)C)c12. The van der Waals surface area contributed by atoms with Crippen LogP contribution >= 0.6 is 0 Å². The zero-order chi connectivity index (χ0) is 12.4. The summed E-state index contributed by atoms with van der Waals surface area (Å²) in [5.74, 6) is 0. The second-order valence-electron chi connectivity index (χ2n) is 5.14. The van der Waals surface area contributed by atoms with Crippen LogP contribution in [0.25, 0.3) is 10.9 Å². The second-order valence-corrected chi connectivity index (χ2v) is 5.14. The van der Waals surface area contributed by atoms with E-state index in [0.717, 1.165) is 13.0 Å². The Morgan fingerprint density at radius 1 is 1.29 bits per heavy atom. The molecule has 0 bridgehead atoms. The van der Waals surface area contributed by atoms with Crippen molar-refractivity contribution >= 4 is 10.9 Å². The average Bonchev–Trinajstić information content (AvgIpc) is 2.70. The first-order valence-electron chi connectivity index (χ1n) is 6.35. The van der Waals surface area contributed by atoms with Crippen molar-refractivity contribution in [2.45, 2.75) is 33.2 Å². The molecule has 1 aromatic carbocycles. The van der Waals surface area contributed by atoms with E-state index in [9.17, 15) is 0 Å². The number of aromatic nitrogens is 1. The summed E-state index contributed by atoms with van der Waals surface area (Å²) in [6, 6.07) is 7.06. The topological polar surface area (TPSA) is 19.0 Å². The molecule has 0 atom stereocenters. The van der Waals surface area contributed by atoms with Crippen LogP contribution in [0.2, 0.25) is 0 Å². The van der Waals surface area contributed by atoms with Gasteiger partial charge in [-0.15, -0.1) is 0 Å². The number of hydrogen-bond donors (Lipinski definition) is 1. The van der Waals surface area contributed by atoms with E-state index >= 15 is 0 Å². The molecular weight excluding hydrogens is 208 g/mol. The smallest absolute Gasteiger partial charge is 0.0459 e. The highest BCUT2D eigenvalue weighted by Gasteiger charge is 2.08. The number of fused-ring (bicyclic) bond motifs is 1. The number of likely N-dealkylation sites (N-methyl/N-ethyl adjacent to an activating group) is 1. The minimum atomic E-state index is 0.612. The Labute approximate surface area is 104 Å². The first-order valence-corrected chi connectivity index (χ1v) is 6.35. The van der Waals surface area contributed by atoms with Crippen LogP contribution in [-0.2, 0) is 6.42 Å². The number of aryl methyl sites for hydroxylation is 1. The first-order chi connectivity index (χ1) is 8.09. The Morgan fingerprint density at radius 2 is 2.06 bits per heavy atom. The van der Waals surface area contributed by atoms with Gasteiger partial charge in [-0.05, 0) is 51.4 Å². The van der Waals surface area contributed by atoms with Gasteiger partial charge in [0.1, 0.15) is 0 Å². The molecule has 0 radical (unpaired) electrons. The van der Waals surface area contributed by atoms with Gasteiger partial charge in [0.2, 0.25) is 0 Å². The first kappa shape index (κ1) is 12.2. The third-order valence-electron chi connectivity index (χ3n) is 3.61. The minimum absolute atomic E-state index is 0.612. The molecule has 0 aliphatic rings. The van der Waals surface area contributed by atoms with Crippen molar-refractivity contribution in [2.24, 2.45) is 0 Å². The number of nitrogens with one attached hydrogen (secondary N) is 1. The number of benzene rings is 1. The van der Waals surface area contributed by atoms with Crippen LogP contribution in [0, 0.1) is 6.92 Å². The van der Waals surface area contributed by atoms with Gasteiger partial charge in [-0.2, -0.15) is 0 Å². The molecule has 0 aliphatic heterocycles. The van der Waals surface area contributed by atoms with Crippen molar-refractivity contribution in [2.75, 3.05) is 13.6 Å². The summed E-state index contributed by atoms with van der Waals surface area (Å²) in [6.45, 7) is 7.77. The lowest BCUT2D eigenvalue weighted by Crippen LogP contribution is -2.28. The molecule has 2 rings (SSSR count). The van der Waals surface area contributed by atoms with Gasteiger partial charge in [0.05, 0.1) is 0 Å². The highest BCUT2D eigenvalue weighted by atomic mass is 15.1. The van der Waals surface area contributed by atoms with E-state index in [1.165, 1.54) is 22.0 Å². The largest absolute Gasteiger partial charge is 0.361 e. The Morgan fingerprint density at radius 3 is 2.76 bits per heavy atom. The van der Waals surface area contributed by atoms with E-state index in [4.69, 9.17) is 0 Å². The molecule has 2 nitrogen and oxygen atoms in total. The van der Waals surface area contributed by atoms with Gasteiger partial charge in [-0.3, -0.25) is 0 Å². The van der Waals surface area contributed by atoms with E-state index in [1.54, 1.807) is 0 Å². The molecule has 1 aromatic heterocycles. The molecule has 0 amide bonds. The Balaban J connectivity index is 2.19. The molecule has 2 aromatic rings. The number of rotatable bonds is 4. The summed E-state index contributed by atoms with van der Waals surface area (Å²) in [4.78, 5) is 5.75. The quantitative estimate of drug-likeness (QED) is 0.853. The van der Waals surface area contributed by atoms with E-state index < -0.39 is 0 Å². The molecule has 2 heteroatoms. The molecule has 0 spiro atoms. The van der Waals surface area contributed by atoms with Crippen molar-refractivity contribution in [3.63, 3.8) is 0 Å². The maximum atomic E-state index is 3.36. The molecule has 17 heavy (non-hydrogen) atoms. The number of hydrogen-bond acceptors (Lipinski definition) is 1. The minimum Gasteiger partial charge on any atom is -0.361 e. The average molecular weight is 230 g/mol. The van der Waals surface area contributed by atoms with E-state index in [-0.39, 0.29) is 0 Å². The highest BCUT2D eigenvalue weighted by molar-refractivity contribution is 5.86. The lowest BCUT2D eigenvalue weighted by molar-refractivity contribution is 0.278. The lowest BCUT2D eigenvalue weighted by atomic mass is 10.1. The second kappa shape index (κ2) is 4.92. The molecule has 0 saturated heterocycles. The van der Waals surface area contributed by atoms with Gasteiger partial charge >= 0.3 is 0 Å². The van der Waals surface area contributed by atoms with Gasteiger partial charge in [0, 0.05) is 29.7 Å². The van der Waals surface area contributed by atoms with Gasteiger partial charge < -0.3 is 9.88 Å². The van der Waals surface area contributed by atoms with Crippen molar-refractivity contribution in [3.05, 3.63) is 35.5 Å². The van der Waals surface area contributed by atoms with Crippen LogP contribution in [0.15, 0.2) is 24.4 Å². The maximum Gasteiger partial charge on any atom is 0.0459 e. The summed E-state index contributed by atoms with van der Waals surface area (Å²) >= 11 is 0. The van der Waals surface area contributed by atoms with Crippen molar-refractivity contribution in [3.8, 4) is 0 Å². The van der Waals surface area contributed by atoms with E-state index in [2.05, 4.69) is 62.1 Å². The Hall–Kier alpha value is -1.28. The van der Waals surface area contributed by atoms with Crippen LogP contribution < -0.4 is 0 Å². The summed E-state index contributed by atoms with van der Waals surface area (Å²) in [7, 11) is 2.19. The fourth-order valence-corrected chi connectivity index (χ4v) is 2.20. The molecule has 1 heterocycles. The molecule has 92 valence electrons. The number of H-pyrrole nitrogens is 1. The molecular formula is C15H22N2. The van der Waals surface area contributed by atoms with Crippen LogP contribution in [0.5, 0.6) is 0 Å². The van der Waals surface area contributed by atoms with Crippen molar-refractivity contribution in [1.29, 1.82) is 0 Å². The third-order valence-corrected chi connectivity index (χ3v) is 3.61. The number of aromatic amines is 1. The summed E-state index contributed by atoms with van der Waals surface area (Å²) in [6.07, 6.45) is 3.27. The van der Waals surface area contributed by atoms with Gasteiger partial charge in [-0.25, -0.2) is 0 Å². The fourth-order valence-electron chi connectivity index (χ4n) is 2.20. The van der Waals surface area contributed by atoms with Gasteiger partial charge in [-0.1, -0.05) is 12.1 Å². The summed E-state index contributed by atoms with van der Waals surface area (Å²) < 4.78 is 0. The predicted molar refractivity (Wildman–Crippen MR) is 74.5 cm³/mol. The molecule has 0 aliphatic carbocycles. The molecule has 0 unspecified atom stereocenters. The standard InChI is InChI=1S/C15H22N2/c1-11(2)17(4)9-8-13-10-16-14-7-5-6-12(3)15(13)14/h5-7,10-11,16H,8-9H2,1-4H3. The highest BCUT2D eigenvalue weighted by Crippen LogP contribution is 2.22. The van der Waals surface area contributed by atoms with E-state index in [0.29, 0.717) is 6.04 Å². The summed E-state index contributed by atoms with van der Waals surface area (Å²) in [5.41, 5.74) is 4.06. The van der Waals surface area contributed by atoms with Gasteiger partial charge in [0.15, 0.2) is 0 Å². The molecule has 1 N–H and O–H groups in total.